The third-order valence-electron chi connectivity index (χ3n) is 3.10. The number of hydrogen-bond acceptors (Lipinski definition) is 4. The van der Waals surface area contributed by atoms with Crippen LogP contribution in [0.5, 0.6) is 0 Å². The number of aliphatic carboxylic acids is 1. The normalized spacial score (nSPS) is 11.9. The molecule has 0 fully saturated rings. The largest absolute Gasteiger partial charge is 0.481 e. The zero-order valence-corrected chi connectivity index (χ0v) is 13.2. The van der Waals surface area contributed by atoms with Crippen LogP contribution in [-0.4, -0.2) is 43.4 Å². The lowest BCUT2D eigenvalue weighted by Crippen LogP contribution is -2.46. The van der Waals surface area contributed by atoms with Crippen molar-refractivity contribution in [2.24, 2.45) is 0 Å². The average Bonchev–Trinajstić information content (AvgIpc) is 2.39. The SMILES string of the molecule is CC(C)N(C)S(=O)(=O)N(CCC(=O)O)c1ccccc1N. The maximum atomic E-state index is 12.6. The van der Waals surface area contributed by atoms with Gasteiger partial charge in [0.05, 0.1) is 17.8 Å². The average molecular weight is 315 g/mol. The van der Waals surface area contributed by atoms with Gasteiger partial charge in [-0.3, -0.25) is 9.10 Å². The van der Waals surface area contributed by atoms with Crippen molar-refractivity contribution in [3.8, 4) is 0 Å². The molecule has 0 aliphatic heterocycles. The molecule has 1 aromatic carbocycles. The summed E-state index contributed by atoms with van der Waals surface area (Å²) in [6, 6.07) is 6.22. The molecule has 0 atom stereocenters. The van der Waals surface area contributed by atoms with Gasteiger partial charge in [0, 0.05) is 19.6 Å². The van der Waals surface area contributed by atoms with Crippen LogP contribution in [0.3, 0.4) is 0 Å². The first-order valence-electron chi connectivity index (χ1n) is 6.50. The second kappa shape index (κ2) is 6.77. The quantitative estimate of drug-likeness (QED) is 0.734. The van der Waals surface area contributed by atoms with Crippen molar-refractivity contribution < 1.29 is 18.3 Å². The van der Waals surface area contributed by atoms with E-state index >= 15 is 0 Å². The predicted octanol–water partition coefficient (Wildman–Crippen LogP) is 1.13. The van der Waals surface area contributed by atoms with Crippen LogP contribution in [0.2, 0.25) is 0 Å². The maximum Gasteiger partial charge on any atom is 0.305 e. The maximum absolute atomic E-state index is 12.6. The fourth-order valence-corrected chi connectivity index (χ4v) is 3.27. The summed E-state index contributed by atoms with van der Waals surface area (Å²) in [5.41, 5.74) is 6.39. The molecule has 1 aromatic rings. The van der Waals surface area contributed by atoms with Gasteiger partial charge in [0.1, 0.15) is 0 Å². The molecule has 0 amide bonds. The van der Waals surface area contributed by atoms with Gasteiger partial charge in [-0.15, -0.1) is 0 Å². The highest BCUT2D eigenvalue weighted by molar-refractivity contribution is 7.90. The van der Waals surface area contributed by atoms with Gasteiger partial charge in [0.15, 0.2) is 0 Å². The summed E-state index contributed by atoms with van der Waals surface area (Å²) in [5.74, 6) is -1.07. The summed E-state index contributed by atoms with van der Waals surface area (Å²) in [6.07, 6.45) is -0.306. The number of para-hydroxylation sites is 2. The van der Waals surface area contributed by atoms with Crippen LogP contribution in [0.4, 0.5) is 11.4 Å². The van der Waals surface area contributed by atoms with Crippen LogP contribution in [0, 0.1) is 0 Å². The van der Waals surface area contributed by atoms with Gasteiger partial charge in [-0.05, 0) is 26.0 Å². The zero-order valence-electron chi connectivity index (χ0n) is 12.4. The Morgan fingerprint density at radius 2 is 1.90 bits per heavy atom. The highest BCUT2D eigenvalue weighted by Gasteiger charge is 2.30. The van der Waals surface area contributed by atoms with E-state index in [1.165, 1.54) is 11.4 Å². The Labute approximate surface area is 125 Å². The number of benzene rings is 1. The van der Waals surface area contributed by atoms with Crippen molar-refractivity contribution in [1.29, 1.82) is 0 Å². The Morgan fingerprint density at radius 1 is 1.33 bits per heavy atom. The van der Waals surface area contributed by atoms with Crippen LogP contribution >= 0.6 is 0 Å². The fourth-order valence-electron chi connectivity index (χ4n) is 1.69. The van der Waals surface area contributed by atoms with Crippen molar-refractivity contribution >= 4 is 27.6 Å². The van der Waals surface area contributed by atoms with E-state index in [-0.39, 0.29) is 30.4 Å². The van der Waals surface area contributed by atoms with Crippen LogP contribution in [-0.2, 0) is 15.0 Å². The number of rotatable bonds is 7. The minimum Gasteiger partial charge on any atom is -0.481 e. The molecule has 0 aliphatic rings. The Kier molecular flexibility index (Phi) is 5.56. The molecule has 0 saturated heterocycles. The molecule has 1 rings (SSSR count). The van der Waals surface area contributed by atoms with Crippen molar-refractivity contribution in [3.63, 3.8) is 0 Å². The van der Waals surface area contributed by atoms with Gasteiger partial charge in [0.25, 0.3) is 0 Å². The number of carbonyl (C=O) groups is 1. The highest BCUT2D eigenvalue weighted by atomic mass is 32.2. The Hall–Kier alpha value is -1.80. The summed E-state index contributed by atoms with van der Waals surface area (Å²) in [6.45, 7) is 3.30. The number of carboxylic acid groups (broad SMARTS) is 1. The van der Waals surface area contributed by atoms with Gasteiger partial charge in [-0.25, -0.2) is 0 Å². The van der Waals surface area contributed by atoms with E-state index in [0.717, 1.165) is 4.31 Å². The minimum atomic E-state index is -3.85. The molecule has 0 aliphatic carbocycles. The molecule has 0 saturated carbocycles. The summed E-state index contributed by atoms with van der Waals surface area (Å²) in [4.78, 5) is 10.8. The minimum absolute atomic E-state index is 0.178. The van der Waals surface area contributed by atoms with E-state index in [9.17, 15) is 13.2 Å². The number of nitrogens with two attached hydrogens (primary N) is 1. The van der Waals surface area contributed by atoms with Crippen LogP contribution in [0.25, 0.3) is 0 Å². The summed E-state index contributed by atoms with van der Waals surface area (Å²) < 4.78 is 27.5. The number of nitrogens with zero attached hydrogens (tertiary/aromatic N) is 2. The van der Waals surface area contributed by atoms with Gasteiger partial charge in [0.2, 0.25) is 0 Å². The predicted molar refractivity (Wildman–Crippen MR) is 82.3 cm³/mol. The first-order valence-corrected chi connectivity index (χ1v) is 7.89. The van der Waals surface area contributed by atoms with Crippen molar-refractivity contribution in [2.45, 2.75) is 26.3 Å². The monoisotopic (exact) mass is 315 g/mol. The zero-order chi connectivity index (χ0) is 16.2. The van der Waals surface area contributed by atoms with Crippen molar-refractivity contribution in [2.75, 3.05) is 23.6 Å². The van der Waals surface area contributed by atoms with Crippen molar-refractivity contribution in [1.82, 2.24) is 4.31 Å². The van der Waals surface area contributed by atoms with Crippen LogP contribution < -0.4 is 10.0 Å². The molecule has 8 heteroatoms. The van der Waals surface area contributed by atoms with E-state index in [1.54, 1.807) is 38.1 Å². The second-order valence-electron chi connectivity index (χ2n) is 4.89. The van der Waals surface area contributed by atoms with Gasteiger partial charge in [-0.2, -0.15) is 12.7 Å². The van der Waals surface area contributed by atoms with E-state index < -0.39 is 16.2 Å². The molecule has 3 N–H and O–H groups in total. The number of nitrogen functional groups attached to an aromatic ring is 1. The summed E-state index contributed by atoms with van der Waals surface area (Å²) in [5, 5.41) is 8.83. The van der Waals surface area contributed by atoms with E-state index in [0.29, 0.717) is 0 Å². The summed E-state index contributed by atoms with van der Waals surface area (Å²) >= 11 is 0. The third-order valence-corrected chi connectivity index (χ3v) is 5.19. The molecule has 0 unspecified atom stereocenters. The lowest BCUT2D eigenvalue weighted by molar-refractivity contribution is -0.136. The van der Waals surface area contributed by atoms with Crippen LogP contribution in [0.1, 0.15) is 20.3 Å². The number of anilines is 2. The molecule has 0 aromatic heterocycles. The van der Waals surface area contributed by atoms with Gasteiger partial charge >= 0.3 is 16.2 Å². The first kappa shape index (κ1) is 17.3. The third kappa shape index (κ3) is 4.08. The highest BCUT2D eigenvalue weighted by Crippen LogP contribution is 2.27. The molecule has 0 bridgehead atoms. The number of hydrogen-bond donors (Lipinski definition) is 2. The lowest BCUT2D eigenvalue weighted by Gasteiger charge is -2.31. The molecule has 0 heterocycles. The van der Waals surface area contributed by atoms with Crippen molar-refractivity contribution in [3.05, 3.63) is 24.3 Å². The lowest BCUT2D eigenvalue weighted by atomic mass is 10.2. The molecule has 118 valence electrons. The second-order valence-corrected chi connectivity index (χ2v) is 6.80. The molecular formula is C13H21N3O4S. The fraction of sp³-hybridized carbons (Fsp3) is 0.462. The summed E-state index contributed by atoms with van der Waals surface area (Å²) in [7, 11) is -2.40. The van der Waals surface area contributed by atoms with Gasteiger partial charge in [-0.1, -0.05) is 12.1 Å². The molecule has 0 spiro atoms. The van der Waals surface area contributed by atoms with E-state index in [4.69, 9.17) is 10.8 Å². The molecular weight excluding hydrogens is 294 g/mol. The Balaban J connectivity index is 3.26. The molecule has 21 heavy (non-hydrogen) atoms. The smallest absolute Gasteiger partial charge is 0.305 e. The van der Waals surface area contributed by atoms with E-state index in [2.05, 4.69) is 0 Å². The van der Waals surface area contributed by atoms with Crippen LogP contribution in [0.15, 0.2) is 24.3 Å². The Bertz CT molecular complexity index is 601. The number of carboxylic acids is 1. The topological polar surface area (TPSA) is 104 Å². The standard InChI is InChI=1S/C13H21N3O4S/c1-10(2)15(3)21(19,20)16(9-8-13(17)18)12-7-5-4-6-11(12)14/h4-7,10H,8-9,14H2,1-3H3,(H,17,18). The molecule has 0 radical (unpaired) electrons. The molecule has 7 nitrogen and oxygen atoms in total. The first-order chi connectivity index (χ1) is 9.67. The Morgan fingerprint density at radius 3 is 2.38 bits per heavy atom. The van der Waals surface area contributed by atoms with Gasteiger partial charge < -0.3 is 10.8 Å². The van der Waals surface area contributed by atoms with E-state index in [1.807, 2.05) is 0 Å².